The molecule has 29 heavy (non-hydrogen) atoms. The van der Waals surface area contributed by atoms with Crippen molar-refractivity contribution in [1.29, 1.82) is 0 Å². The summed E-state index contributed by atoms with van der Waals surface area (Å²) in [5.41, 5.74) is 2.17. The maximum atomic E-state index is 12.3. The predicted molar refractivity (Wildman–Crippen MR) is 109 cm³/mol. The molecule has 152 valence electrons. The first-order valence-electron chi connectivity index (χ1n) is 9.39. The van der Waals surface area contributed by atoms with Crippen molar-refractivity contribution in [2.24, 2.45) is 11.8 Å². The molecule has 0 spiro atoms. The number of benzene rings is 1. The highest BCUT2D eigenvalue weighted by Crippen LogP contribution is 2.40. The van der Waals surface area contributed by atoms with Crippen molar-refractivity contribution >= 4 is 17.1 Å². The van der Waals surface area contributed by atoms with Gasteiger partial charge in [-0.25, -0.2) is 10.8 Å². The number of hydrogen-bond acceptors (Lipinski definition) is 7. The minimum atomic E-state index is -0.598. The lowest BCUT2D eigenvalue weighted by Crippen LogP contribution is -2.29. The van der Waals surface area contributed by atoms with Crippen molar-refractivity contribution < 1.29 is 9.84 Å². The van der Waals surface area contributed by atoms with Gasteiger partial charge in [0.2, 0.25) is 5.95 Å². The van der Waals surface area contributed by atoms with E-state index in [0.29, 0.717) is 25.3 Å². The molecule has 1 unspecified atom stereocenters. The molecule has 1 aliphatic rings. The third kappa shape index (κ3) is 3.67. The molecule has 9 nitrogen and oxygen atoms in total. The van der Waals surface area contributed by atoms with E-state index in [4.69, 9.17) is 10.6 Å². The van der Waals surface area contributed by atoms with Crippen molar-refractivity contribution in [3.8, 4) is 0 Å². The number of aliphatic hydroxyl groups is 1. The summed E-state index contributed by atoms with van der Waals surface area (Å²) in [6.45, 7) is 5.03. The number of ether oxygens (including phenoxy) is 1. The fourth-order valence-corrected chi connectivity index (χ4v) is 3.74. The average molecular weight is 396 g/mol. The molecule has 0 bridgehead atoms. The number of aromatic amines is 1. The second-order valence-corrected chi connectivity index (χ2v) is 7.33. The van der Waals surface area contributed by atoms with Crippen molar-refractivity contribution in [3.63, 3.8) is 0 Å². The highest BCUT2D eigenvalue weighted by Gasteiger charge is 2.38. The van der Waals surface area contributed by atoms with Crippen LogP contribution in [-0.2, 0) is 11.3 Å². The summed E-state index contributed by atoms with van der Waals surface area (Å²) in [5.74, 6) is 5.74. The lowest BCUT2D eigenvalue weighted by Gasteiger charge is -2.18. The van der Waals surface area contributed by atoms with Crippen LogP contribution in [0.4, 0.5) is 5.95 Å². The van der Waals surface area contributed by atoms with Gasteiger partial charge in [-0.2, -0.15) is 4.98 Å². The average Bonchev–Trinajstić information content (AvgIpc) is 3.24. The number of aromatic nitrogens is 4. The number of rotatable bonds is 6. The molecule has 0 aliphatic heterocycles. The van der Waals surface area contributed by atoms with Crippen LogP contribution in [0.1, 0.15) is 18.0 Å². The van der Waals surface area contributed by atoms with Crippen LogP contribution in [0.5, 0.6) is 0 Å². The second-order valence-electron chi connectivity index (χ2n) is 7.33. The van der Waals surface area contributed by atoms with Gasteiger partial charge in [0, 0.05) is 13.0 Å². The summed E-state index contributed by atoms with van der Waals surface area (Å²) in [7, 11) is 1.59. The minimum absolute atomic E-state index is 0.209. The van der Waals surface area contributed by atoms with Gasteiger partial charge in [-0.15, -0.1) is 0 Å². The van der Waals surface area contributed by atoms with E-state index in [1.54, 1.807) is 17.9 Å². The van der Waals surface area contributed by atoms with E-state index in [9.17, 15) is 9.90 Å². The summed E-state index contributed by atoms with van der Waals surface area (Å²) in [6, 6.07) is 9.64. The second kappa shape index (κ2) is 7.78. The molecule has 2 aromatic heterocycles. The number of imidazole rings is 1. The highest BCUT2D eigenvalue weighted by molar-refractivity contribution is 5.71. The number of nitrogens with one attached hydrogen (secondary N) is 1. The predicted octanol–water partition coefficient (Wildman–Crippen LogP) is 1.12. The van der Waals surface area contributed by atoms with Crippen molar-refractivity contribution in [1.82, 2.24) is 19.5 Å². The van der Waals surface area contributed by atoms with E-state index < -0.39 is 6.10 Å². The molecule has 1 aromatic carbocycles. The molecular weight excluding hydrogens is 372 g/mol. The summed E-state index contributed by atoms with van der Waals surface area (Å²) < 4.78 is 7.61. The van der Waals surface area contributed by atoms with E-state index in [1.165, 1.54) is 5.01 Å². The van der Waals surface area contributed by atoms with Crippen molar-refractivity contribution in [2.45, 2.75) is 25.2 Å². The topological polar surface area (TPSA) is 122 Å². The number of fused-ring (bicyclic) bond motifs is 1. The van der Waals surface area contributed by atoms with Crippen LogP contribution in [0.25, 0.3) is 11.2 Å². The van der Waals surface area contributed by atoms with Crippen LogP contribution in [0.2, 0.25) is 0 Å². The number of anilines is 1. The first-order chi connectivity index (χ1) is 14.0. The normalized spacial score (nSPS) is 21.8. The number of aliphatic hydroxyl groups excluding tert-OH is 1. The fraction of sp³-hybridized carbons (Fsp3) is 0.350. The van der Waals surface area contributed by atoms with Gasteiger partial charge in [-0.1, -0.05) is 36.9 Å². The summed E-state index contributed by atoms with van der Waals surface area (Å²) in [5, 5.41) is 11.8. The molecule has 3 atom stereocenters. The lowest BCUT2D eigenvalue weighted by atomic mass is 10.0. The number of nitrogens with zero attached hydrogens (tertiary/aromatic N) is 4. The zero-order valence-corrected chi connectivity index (χ0v) is 16.2. The van der Waals surface area contributed by atoms with Gasteiger partial charge in [-0.3, -0.25) is 14.8 Å². The third-order valence-corrected chi connectivity index (χ3v) is 5.33. The van der Waals surface area contributed by atoms with E-state index in [2.05, 4.69) is 21.5 Å². The summed E-state index contributed by atoms with van der Waals surface area (Å²) in [4.78, 5) is 23.5. The van der Waals surface area contributed by atoms with Crippen LogP contribution < -0.4 is 16.4 Å². The SMILES string of the molecule is C=C1C(COCc2ccccc2)[C@@H](O)C[C@@H]1n1cnc2c(=O)[nH]c(N(C)N)nc21. The third-order valence-electron chi connectivity index (χ3n) is 5.33. The Morgan fingerprint density at radius 1 is 1.41 bits per heavy atom. The first kappa shape index (κ1) is 19.3. The largest absolute Gasteiger partial charge is 0.392 e. The molecule has 3 aromatic rings. The Labute approximate surface area is 167 Å². The molecule has 0 amide bonds. The zero-order valence-electron chi connectivity index (χ0n) is 16.2. The zero-order chi connectivity index (χ0) is 20.5. The van der Waals surface area contributed by atoms with Gasteiger partial charge in [0.05, 0.1) is 31.7 Å². The molecule has 4 rings (SSSR count). The number of nitrogens with two attached hydrogens (primary N) is 1. The Bertz CT molecular complexity index is 1070. The van der Waals surface area contributed by atoms with E-state index in [1.807, 2.05) is 30.3 Å². The van der Waals surface area contributed by atoms with Crippen molar-refractivity contribution in [2.75, 3.05) is 18.7 Å². The molecule has 4 N–H and O–H groups in total. The van der Waals surface area contributed by atoms with Gasteiger partial charge < -0.3 is 14.4 Å². The standard InChI is InChI=1S/C20H24N6O3/c1-12-14(10-29-9-13-6-4-3-5-7-13)16(27)8-15(12)26-11-22-17-18(26)23-20(25(2)21)24-19(17)28/h3-7,11,14-16,27H,1,8-10,21H2,2H3,(H,23,24,28)/t14?,15-,16-/m0/s1. The summed E-state index contributed by atoms with van der Waals surface area (Å²) >= 11 is 0. The van der Waals surface area contributed by atoms with Crippen LogP contribution in [-0.4, -0.2) is 44.4 Å². The van der Waals surface area contributed by atoms with Crippen LogP contribution in [0, 0.1) is 5.92 Å². The minimum Gasteiger partial charge on any atom is -0.392 e. The van der Waals surface area contributed by atoms with Gasteiger partial charge in [0.1, 0.15) is 0 Å². The maximum absolute atomic E-state index is 12.3. The van der Waals surface area contributed by atoms with E-state index >= 15 is 0 Å². The number of hydrogen-bond donors (Lipinski definition) is 3. The Morgan fingerprint density at radius 2 is 2.17 bits per heavy atom. The molecule has 0 radical (unpaired) electrons. The maximum Gasteiger partial charge on any atom is 0.280 e. The molecular formula is C20H24N6O3. The summed E-state index contributed by atoms with van der Waals surface area (Å²) in [6.07, 6.45) is 1.41. The fourth-order valence-electron chi connectivity index (χ4n) is 3.74. The van der Waals surface area contributed by atoms with E-state index in [-0.39, 0.29) is 29.0 Å². The Kier molecular flexibility index (Phi) is 5.18. The van der Waals surface area contributed by atoms with Gasteiger partial charge >= 0.3 is 0 Å². The number of H-pyrrole nitrogens is 1. The smallest absolute Gasteiger partial charge is 0.280 e. The number of hydrazine groups is 1. The molecule has 0 saturated heterocycles. The molecule has 1 fully saturated rings. The van der Waals surface area contributed by atoms with Crippen LogP contribution >= 0.6 is 0 Å². The van der Waals surface area contributed by atoms with E-state index in [0.717, 1.165) is 11.1 Å². The quantitative estimate of drug-likeness (QED) is 0.324. The van der Waals surface area contributed by atoms with Crippen LogP contribution in [0.15, 0.2) is 53.6 Å². The molecule has 1 saturated carbocycles. The Morgan fingerprint density at radius 3 is 2.90 bits per heavy atom. The highest BCUT2D eigenvalue weighted by atomic mass is 16.5. The van der Waals surface area contributed by atoms with Crippen LogP contribution in [0.3, 0.4) is 0 Å². The molecule has 2 heterocycles. The van der Waals surface area contributed by atoms with Gasteiger partial charge in [0.25, 0.3) is 5.56 Å². The van der Waals surface area contributed by atoms with Gasteiger partial charge in [-0.05, 0) is 17.6 Å². The lowest BCUT2D eigenvalue weighted by molar-refractivity contribution is 0.0472. The van der Waals surface area contributed by atoms with Crippen molar-refractivity contribution in [3.05, 3.63) is 64.7 Å². The monoisotopic (exact) mass is 396 g/mol. The Balaban J connectivity index is 1.54. The Hall–Kier alpha value is -3.01. The van der Waals surface area contributed by atoms with Gasteiger partial charge in [0.15, 0.2) is 11.2 Å². The molecule has 9 heteroatoms. The molecule has 1 aliphatic carbocycles. The first-order valence-corrected chi connectivity index (χ1v) is 9.39.